The average molecular weight is 140 g/mol. The van der Waals surface area contributed by atoms with Crippen LogP contribution in [0.15, 0.2) is 0 Å². The van der Waals surface area contributed by atoms with E-state index in [1.165, 1.54) is 0 Å². The zero-order chi connectivity index (χ0) is 7.30. The van der Waals surface area contributed by atoms with Crippen molar-refractivity contribution in [3.8, 4) is 0 Å². The fourth-order valence-electron chi connectivity index (χ4n) is 2.48. The quantitative estimate of drug-likeness (QED) is 0.597. The van der Waals surface area contributed by atoms with Crippen molar-refractivity contribution in [2.24, 2.45) is 23.7 Å². The van der Waals surface area contributed by atoms with Crippen molar-refractivity contribution in [2.75, 3.05) is 0 Å². The molecule has 0 aromatic carbocycles. The van der Waals surface area contributed by atoms with Crippen LogP contribution in [0.4, 0.5) is 0 Å². The van der Waals surface area contributed by atoms with E-state index in [2.05, 4.69) is 6.92 Å². The Bertz CT molecular complexity index is 164. The number of fused-ring (bicyclic) bond motifs is 1. The van der Waals surface area contributed by atoms with Gasteiger partial charge in [0.05, 0.1) is 5.92 Å². The number of carboxylic acids is 1. The van der Waals surface area contributed by atoms with E-state index in [4.69, 9.17) is 5.11 Å². The van der Waals surface area contributed by atoms with Gasteiger partial charge in [0.25, 0.3) is 0 Å². The average Bonchev–Trinajstić information content (AvgIpc) is 2.32. The highest BCUT2D eigenvalue weighted by Crippen LogP contribution is 2.59. The molecule has 0 aromatic heterocycles. The molecule has 2 nitrogen and oxygen atoms in total. The van der Waals surface area contributed by atoms with Crippen LogP contribution in [0.5, 0.6) is 0 Å². The van der Waals surface area contributed by atoms with E-state index in [1.54, 1.807) is 0 Å². The number of rotatable bonds is 1. The molecule has 2 rings (SSSR count). The first kappa shape index (κ1) is 6.20. The molecular weight excluding hydrogens is 128 g/mol. The van der Waals surface area contributed by atoms with E-state index in [1.807, 2.05) is 0 Å². The highest BCUT2D eigenvalue weighted by Gasteiger charge is 2.58. The summed E-state index contributed by atoms with van der Waals surface area (Å²) in [5, 5.41) is 8.65. The van der Waals surface area contributed by atoms with Gasteiger partial charge in [0.15, 0.2) is 0 Å². The summed E-state index contributed by atoms with van der Waals surface area (Å²) in [7, 11) is 0. The van der Waals surface area contributed by atoms with Crippen molar-refractivity contribution in [2.45, 2.75) is 19.8 Å². The van der Waals surface area contributed by atoms with Crippen molar-refractivity contribution in [3.05, 3.63) is 0 Å². The van der Waals surface area contributed by atoms with Crippen LogP contribution in [-0.2, 0) is 4.79 Å². The lowest BCUT2D eigenvalue weighted by atomic mass is 10.0. The summed E-state index contributed by atoms with van der Waals surface area (Å²) < 4.78 is 0. The molecule has 2 fully saturated rings. The second kappa shape index (κ2) is 1.74. The number of carboxylic acid groups (broad SMARTS) is 1. The first-order valence-electron chi connectivity index (χ1n) is 3.93. The highest BCUT2D eigenvalue weighted by molar-refractivity contribution is 5.74. The van der Waals surface area contributed by atoms with Crippen LogP contribution >= 0.6 is 0 Å². The Morgan fingerprint density at radius 3 is 2.30 bits per heavy atom. The molecule has 2 aliphatic rings. The molecule has 4 atom stereocenters. The molecule has 0 saturated heterocycles. The van der Waals surface area contributed by atoms with Gasteiger partial charge in [-0.3, -0.25) is 4.79 Å². The Labute approximate surface area is 60.2 Å². The Balaban J connectivity index is 1.98. The van der Waals surface area contributed by atoms with Crippen molar-refractivity contribution in [3.63, 3.8) is 0 Å². The molecule has 2 aliphatic carbocycles. The topological polar surface area (TPSA) is 37.3 Å². The van der Waals surface area contributed by atoms with Gasteiger partial charge in [0.1, 0.15) is 0 Å². The highest BCUT2D eigenvalue weighted by atomic mass is 16.4. The van der Waals surface area contributed by atoms with E-state index < -0.39 is 5.97 Å². The summed E-state index contributed by atoms with van der Waals surface area (Å²) in [6.07, 6.45) is 2.31. The molecule has 2 saturated carbocycles. The fourth-order valence-corrected chi connectivity index (χ4v) is 2.48. The van der Waals surface area contributed by atoms with Crippen molar-refractivity contribution in [1.82, 2.24) is 0 Å². The molecule has 2 heteroatoms. The molecule has 1 N–H and O–H groups in total. The molecule has 56 valence electrons. The minimum atomic E-state index is -0.568. The summed E-state index contributed by atoms with van der Waals surface area (Å²) in [6, 6.07) is 0. The van der Waals surface area contributed by atoms with Gasteiger partial charge in [-0.05, 0) is 30.6 Å². The Hall–Kier alpha value is -0.530. The minimum absolute atomic E-state index is 0.0381. The normalized spacial score (nSPS) is 50.5. The van der Waals surface area contributed by atoms with E-state index in [9.17, 15) is 4.79 Å². The van der Waals surface area contributed by atoms with Crippen LogP contribution in [0, 0.1) is 23.7 Å². The predicted octanol–water partition coefficient (Wildman–Crippen LogP) is 1.36. The molecule has 0 heterocycles. The third kappa shape index (κ3) is 0.678. The van der Waals surface area contributed by atoms with Crippen molar-refractivity contribution >= 4 is 5.97 Å². The molecule has 0 aliphatic heterocycles. The molecule has 2 unspecified atom stereocenters. The van der Waals surface area contributed by atoms with Crippen LogP contribution in [0.25, 0.3) is 0 Å². The van der Waals surface area contributed by atoms with E-state index in [-0.39, 0.29) is 5.92 Å². The number of hydrogen-bond donors (Lipinski definition) is 1. The zero-order valence-corrected chi connectivity index (χ0v) is 6.08. The van der Waals surface area contributed by atoms with Gasteiger partial charge in [-0.25, -0.2) is 0 Å². The van der Waals surface area contributed by atoms with Crippen LogP contribution in [0.3, 0.4) is 0 Å². The lowest BCUT2D eigenvalue weighted by Gasteiger charge is -2.03. The molecule has 0 radical (unpaired) electrons. The summed E-state index contributed by atoms with van der Waals surface area (Å²) in [5.41, 5.74) is 0. The lowest BCUT2D eigenvalue weighted by molar-refractivity contribution is -0.139. The summed E-state index contributed by atoms with van der Waals surface area (Å²) in [6.45, 7) is 2.21. The second-order valence-corrected chi connectivity index (χ2v) is 3.77. The SMILES string of the molecule is CC1C[C@@H]2C(C(=O)O)[C@@H]2C1. The number of carbonyl (C=O) groups is 1. The third-order valence-electron chi connectivity index (χ3n) is 2.97. The smallest absolute Gasteiger partial charge is 0.307 e. The summed E-state index contributed by atoms with van der Waals surface area (Å²) >= 11 is 0. The second-order valence-electron chi connectivity index (χ2n) is 3.77. The molecular formula is C8H12O2. The third-order valence-corrected chi connectivity index (χ3v) is 2.97. The predicted molar refractivity (Wildman–Crippen MR) is 36.5 cm³/mol. The van der Waals surface area contributed by atoms with Gasteiger partial charge in [-0.2, -0.15) is 0 Å². The summed E-state index contributed by atoms with van der Waals surface area (Å²) in [4.78, 5) is 10.5. The fraction of sp³-hybridized carbons (Fsp3) is 0.875. The van der Waals surface area contributed by atoms with Gasteiger partial charge in [0, 0.05) is 0 Å². The molecule has 10 heavy (non-hydrogen) atoms. The van der Waals surface area contributed by atoms with E-state index >= 15 is 0 Å². The van der Waals surface area contributed by atoms with Gasteiger partial charge in [0.2, 0.25) is 0 Å². The first-order valence-corrected chi connectivity index (χ1v) is 3.93. The molecule has 0 spiro atoms. The van der Waals surface area contributed by atoms with Crippen LogP contribution in [0.1, 0.15) is 19.8 Å². The number of aliphatic carboxylic acids is 1. The van der Waals surface area contributed by atoms with Gasteiger partial charge in [-0.15, -0.1) is 0 Å². The molecule has 0 bridgehead atoms. The minimum Gasteiger partial charge on any atom is -0.481 e. The maximum atomic E-state index is 10.5. The van der Waals surface area contributed by atoms with Crippen molar-refractivity contribution < 1.29 is 9.90 Å². The van der Waals surface area contributed by atoms with Gasteiger partial charge >= 0.3 is 5.97 Å². The lowest BCUT2D eigenvalue weighted by Crippen LogP contribution is -2.05. The zero-order valence-electron chi connectivity index (χ0n) is 6.08. The summed E-state index contributed by atoms with van der Waals surface area (Å²) in [5.74, 6) is 1.35. The van der Waals surface area contributed by atoms with Crippen LogP contribution < -0.4 is 0 Å². The Morgan fingerprint density at radius 1 is 1.40 bits per heavy atom. The molecule has 0 amide bonds. The first-order chi connectivity index (χ1) is 4.70. The van der Waals surface area contributed by atoms with Crippen molar-refractivity contribution in [1.29, 1.82) is 0 Å². The van der Waals surface area contributed by atoms with Crippen LogP contribution in [-0.4, -0.2) is 11.1 Å². The maximum Gasteiger partial charge on any atom is 0.307 e. The number of hydrogen-bond acceptors (Lipinski definition) is 1. The largest absolute Gasteiger partial charge is 0.481 e. The van der Waals surface area contributed by atoms with Crippen LogP contribution in [0.2, 0.25) is 0 Å². The Morgan fingerprint density at radius 2 is 1.90 bits per heavy atom. The molecule has 0 aromatic rings. The maximum absolute atomic E-state index is 10.5. The van der Waals surface area contributed by atoms with E-state index in [0.29, 0.717) is 11.8 Å². The van der Waals surface area contributed by atoms with E-state index in [0.717, 1.165) is 18.8 Å². The van der Waals surface area contributed by atoms with Gasteiger partial charge in [-0.1, -0.05) is 6.92 Å². The monoisotopic (exact) mass is 140 g/mol. The van der Waals surface area contributed by atoms with Gasteiger partial charge < -0.3 is 5.11 Å². The standard InChI is InChI=1S/C8H12O2/c1-4-2-5-6(3-4)7(5)8(9)10/h4-7H,2-3H2,1H3,(H,9,10)/t4?,5-,6+,7?. The Kier molecular flexibility index (Phi) is 1.08.